The van der Waals surface area contributed by atoms with E-state index in [1.807, 2.05) is 6.07 Å². The molecule has 0 amide bonds. The second kappa shape index (κ2) is 5.81. The van der Waals surface area contributed by atoms with Crippen LogP contribution in [0.3, 0.4) is 0 Å². The third kappa shape index (κ3) is 2.72. The second-order valence-electron chi connectivity index (χ2n) is 5.32. The predicted octanol–water partition coefficient (Wildman–Crippen LogP) is 4.52. The van der Waals surface area contributed by atoms with Crippen molar-refractivity contribution >= 4 is 11.3 Å². The first-order chi connectivity index (χ1) is 10.1. The second-order valence-corrected chi connectivity index (χ2v) is 6.49. The van der Waals surface area contributed by atoms with Gasteiger partial charge in [0.1, 0.15) is 6.10 Å². The largest absolute Gasteiger partial charge is 0.383 e. The Morgan fingerprint density at radius 2 is 1.76 bits per heavy atom. The van der Waals surface area contributed by atoms with Gasteiger partial charge in [0.2, 0.25) is 0 Å². The van der Waals surface area contributed by atoms with Crippen LogP contribution in [-0.4, -0.2) is 5.11 Å². The molecule has 1 aliphatic carbocycles. The van der Waals surface area contributed by atoms with Gasteiger partial charge in [-0.05, 0) is 49.4 Å². The molecule has 0 bridgehead atoms. The van der Waals surface area contributed by atoms with Crippen molar-refractivity contribution < 1.29 is 18.3 Å². The van der Waals surface area contributed by atoms with E-state index in [9.17, 15) is 18.3 Å². The van der Waals surface area contributed by atoms with Crippen LogP contribution in [-0.2, 0) is 12.8 Å². The normalized spacial score (nSPS) is 16.4. The lowest BCUT2D eigenvalue weighted by Gasteiger charge is -2.11. The minimum absolute atomic E-state index is 0.217. The summed E-state index contributed by atoms with van der Waals surface area (Å²) in [7, 11) is 0. The van der Waals surface area contributed by atoms with Crippen molar-refractivity contribution in [3.8, 4) is 0 Å². The zero-order chi connectivity index (χ0) is 15.0. The smallest absolute Gasteiger partial charge is 0.194 e. The summed E-state index contributed by atoms with van der Waals surface area (Å²) >= 11 is 1.44. The van der Waals surface area contributed by atoms with Gasteiger partial charge in [0, 0.05) is 15.3 Å². The molecule has 1 N–H and O–H groups in total. The number of benzene rings is 1. The van der Waals surface area contributed by atoms with Crippen molar-refractivity contribution in [3.63, 3.8) is 0 Å². The van der Waals surface area contributed by atoms with E-state index in [0.29, 0.717) is 4.88 Å². The maximum absolute atomic E-state index is 13.8. The van der Waals surface area contributed by atoms with Gasteiger partial charge in [0.05, 0.1) is 0 Å². The van der Waals surface area contributed by atoms with Gasteiger partial charge in [0.15, 0.2) is 17.5 Å². The van der Waals surface area contributed by atoms with Crippen LogP contribution in [0.4, 0.5) is 13.2 Å². The molecule has 3 rings (SSSR count). The van der Waals surface area contributed by atoms with Gasteiger partial charge < -0.3 is 5.11 Å². The third-order valence-corrected chi connectivity index (χ3v) is 5.18. The molecular formula is C16H15F3OS. The maximum atomic E-state index is 13.8. The Labute approximate surface area is 125 Å². The molecule has 0 saturated heterocycles. The number of rotatable bonds is 2. The van der Waals surface area contributed by atoms with E-state index in [0.717, 1.165) is 37.8 Å². The fraction of sp³-hybridized carbons (Fsp3) is 0.375. The number of hydrogen-bond donors (Lipinski definition) is 1. The molecule has 0 fully saturated rings. The van der Waals surface area contributed by atoms with Gasteiger partial charge in [0.25, 0.3) is 0 Å². The molecule has 1 unspecified atom stereocenters. The van der Waals surface area contributed by atoms with Crippen LogP contribution in [0, 0.1) is 17.5 Å². The number of thiophene rings is 1. The first kappa shape index (κ1) is 14.6. The molecule has 0 saturated carbocycles. The van der Waals surface area contributed by atoms with Crippen LogP contribution >= 0.6 is 11.3 Å². The van der Waals surface area contributed by atoms with Crippen LogP contribution < -0.4 is 0 Å². The number of hydrogen-bond acceptors (Lipinski definition) is 2. The quantitative estimate of drug-likeness (QED) is 0.639. The first-order valence-corrected chi connectivity index (χ1v) is 7.82. The summed E-state index contributed by atoms with van der Waals surface area (Å²) in [6.07, 6.45) is 4.08. The Bertz CT molecular complexity index is 642. The minimum Gasteiger partial charge on any atom is -0.383 e. The highest BCUT2D eigenvalue weighted by Gasteiger charge is 2.23. The zero-order valence-electron chi connectivity index (χ0n) is 11.3. The fourth-order valence-electron chi connectivity index (χ4n) is 2.73. The molecule has 1 nitrogen and oxygen atoms in total. The summed E-state index contributed by atoms with van der Waals surface area (Å²) in [6.45, 7) is 0. The Balaban J connectivity index is 1.95. The van der Waals surface area contributed by atoms with Crippen LogP contribution in [0.2, 0.25) is 0 Å². The maximum Gasteiger partial charge on any atom is 0.194 e. The topological polar surface area (TPSA) is 20.2 Å². The molecule has 1 aliphatic rings. The van der Waals surface area contributed by atoms with Crippen LogP contribution in [0.5, 0.6) is 0 Å². The van der Waals surface area contributed by atoms with Crippen LogP contribution in [0.25, 0.3) is 0 Å². The van der Waals surface area contributed by atoms with E-state index in [-0.39, 0.29) is 5.56 Å². The van der Waals surface area contributed by atoms with E-state index in [2.05, 4.69) is 0 Å². The van der Waals surface area contributed by atoms with E-state index < -0.39 is 23.6 Å². The molecule has 0 spiro atoms. The van der Waals surface area contributed by atoms with Crippen LogP contribution in [0.1, 0.15) is 46.2 Å². The lowest BCUT2D eigenvalue weighted by Crippen LogP contribution is -2.04. The minimum atomic E-state index is -1.54. The van der Waals surface area contributed by atoms with Crippen molar-refractivity contribution in [1.29, 1.82) is 0 Å². The molecule has 112 valence electrons. The number of aliphatic hydroxyl groups excluding tert-OH is 1. The van der Waals surface area contributed by atoms with E-state index >= 15 is 0 Å². The van der Waals surface area contributed by atoms with Gasteiger partial charge in [-0.1, -0.05) is 6.42 Å². The highest BCUT2D eigenvalue weighted by molar-refractivity contribution is 7.12. The summed E-state index contributed by atoms with van der Waals surface area (Å²) in [5, 5.41) is 10.3. The van der Waals surface area contributed by atoms with E-state index in [1.165, 1.54) is 28.2 Å². The molecule has 0 aliphatic heterocycles. The molecule has 1 heterocycles. The molecule has 2 aromatic rings. The highest BCUT2D eigenvalue weighted by Crippen LogP contribution is 2.36. The van der Waals surface area contributed by atoms with Crippen molar-refractivity contribution in [3.05, 3.63) is 56.5 Å². The number of aryl methyl sites for hydroxylation is 2. The van der Waals surface area contributed by atoms with Gasteiger partial charge in [-0.15, -0.1) is 11.3 Å². The summed E-state index contributed by atoms with van der Waals surface area (Å²) in [6, 6.07) is 3.82. The van der Waals surface area contributed by atoms with Crippen molar-refractivity contribution in [2.24, 2.45) is 0 Å². The highest BCUT2D eigenvalue weighted by atomic mass is 32.1. The molecule has 1 aromatic carbocycles. The number of fused-ring (bicyclic) bond motifs is 1. The predicted molar refractivity (Wildman–Crippen MR) is 76.0 cm³/mol. The fourth-order valence-corrected chi connectivity index (χ4v) is 3.99. The summed E-state index contributed by atoms with van der Waals surface area (Å²) < 4.78 is 40.0. The molecule has 5 heteroatoms. The summed E-state index contributed by atoms with van der Waals surface area (Å²) in [5.41, 5.74) is 0.972. The molecule has 0 radical (unpaired) electrons. The molecule has 21 heavy (non-hydrogen) atoms. The number of halogens is 3. The summed E-state index contributed by atoms with van der Waals surface area (Å²) in [4.78, 5) is 1.80. The van der Waals surface area contributed by atoms with Gasteiger partial charge in [-0.25, -0.2) is 13.2 Å². The Hall–Kier alpha value is -1.33. The molecule has 1 atom stereocenters. The van der Waals surface area contributed by atoms with Gasteiger partial charge in [-0.3, -0.25) is 0 Å². The molecular weight excluding hydrogens is 297 g/mol. The Morgan fingerprint density at radius 1 is 1.00 bits per heavy atom. The Kier molecular flexibility index (Phi) is 4.04. The SMILES string of the molecule is OC(c1cc2c(s1)CCCCC2)c1ccc(F)c(F)c1F. The first-order valence-electron chi connectivity index (χ1n) is 7.01. The van der Waals surface area contributed by atoms with Crippen molar-refractivity contribution in [2.75, 3.05) is 0 Å². The van der Waals surface area contributed by atoms with Crippen molar-refractivity contribution in [2.45, 2.75) is 38.2 Å². The standard InChI is InChI=1S/C16H15F3OS/c17-11-7-6-10(14(18)15(11)19)16(20)13-8-9-4-2-1-3-5-12(9)21-13/h6-8,16,20H,1-5H2. The van der Waals surface area contributed by atoms with Gasteiger partial charge >= 0.3 is 0 Å². The van der Waals surface area contributed by atoms with Crippen molar-refractivity contribution in [1.82, 2.24) is 0 Å². The van der Waals surface area contributed by atoms with Gasteiger partial charge in [-0.2, -0.15) is 0 Å². The molecule has 1 aromatic heterocycles. The zero-order valence-corrected chi connectivity index (χ0v) is 12.2. The lowest BCUT2D eigenvalue weighted by molar-refractivity contribution is 0.216. The lowest BCUT2D eigenvalue weighted by atomic mass is 10.0. The average molecular weight is 312 g/mol. The van der Waals surface area contributed by atoms with E-state index in [4.69, 9.17) is 0 Å². The third-order valence-electron chi connectivity index (χ3n) is 3.89. The summed E-state index contributed by atoms with van der Waals surface area (Å²) in [5.74, 6) is -4.10. The monoisotopic (exact) mass is 312 g/mol. The average Bonchev–Trinajstić information content (AvgIpc) is 2.75. The Morgan fingerprint density at radius 3 is 2.57 bits per heavy atom. The number of aliphatic hydroxyl groups is 1. The van der Waals surface area contributed by atoms with E-state index in [1.54, 1.807) is 0 Å². The van der Waals surface area contributed by atoms with Crippen LogP contribution in [0.15, 0.2) is 18.2 Å².